The molecule has 0 amide bonds. The minimum absolute atomic E-state index is 0.244. The molecule has 5 fully saturated rings. The molecule has 2 aliphatic heterocycles. The van der Waals surface area contributed by atoms with Crippen LogP contribution in [0.2, 0.25) is 0 Å². The van der Waals surface area contributed by atoms with Gasteiger partial charge in [0, 0.05) is 45.2 Å². The molecule has 3 aliphatic carbocycles. The molecule has 0 unspecified atom stereocenters. The highest BCUT2D eigenvalue weighted by atomic mass is 32.1. The number of thiocarbonyl (C=S) groups is 1. The highest BCUT2D eigenvalue weighted by Crippen LogP contribution is 2.52. The van der Waals surface area contributed by atoms with E-state index in [-0.39, 0.29) is 30.5 Å². The van der Waals surface area contributed by atoms with Crippen molar-refractivity contribution in [3.8, 4) is 0 Å². The fourth-order valence-electron chi connectivity index (χ4n) is 6.30. The van der Waals surface area contributed by atoms with Crippen LogP contribution < -0.4 is 0 Å². The van der Waals surface area contributed by atoms with Crippen LogP contribution in [0.4, 0.5) is 0 Å². The zero-order valence-electron chi connectivity index (χ0n) is 18.5. The lowest BCUT2D eigenvalue weighted by atomic mass is 9.84. The second-order valence-corrected chi connectivity index (χ2v) is 10.1. The van der Waals surface area contributed by atoms with Crippen molar-refractivity contribution < 1.29 is 28.4 Å². The highest BCUT2D eigenvalue weighted by molar-refractivity contribution is 7.80. The zero-order chi connectivity index (χ0) is 21.8. The van der Waals surface area contributed by atoms with Crippen molar-refractivity contribution in [2.75, 3.05) is 7.11 Å². The van der Waals surface area contributed by atoms with Gasteiger partial charge in [-0.25, -0.2) is 4.98 Å². The van der Waals surface area contributed by atoms with E-state index in [1.165, 1.54) is 12.8 Å². The van der Waals surface area contributed by atoms with E-state index in [2.05, 4.69) is 4.98 Å². The number of nitrogens with zero attached hydrogens (tertiary/aromatic N) is 2. The third-order valence-corrected chi connectivity index (χ3v) is 8.11. The van der Waals surface area contributed by atoms with E-state index < -0.39 is 17.7 Å². The quantitative estimate of drug-likeness (QED) is 0.618. The number of imidazole rings is 1. The fraction of sp³-hybridized carbons (Fsp3) is 0.826. The van der Waals surface area contributed by atoms with Crippen molar-refractivity contribution in [1.29, 1.82) is 0 Å². The summed E-state index contributed by atoms with van der Waals surface area (Å²) in [5.74, 6) is -1.13. The topological polar surface area (TPSA) is 73.2 Å². The van der Waals surface area contributed by atoms with Crippen molar-refractivity contribution >= 4 is 17.4 Å². The smallest absolute Gasteiger partial charge is 0.269 e. The monoisotopic (exact) mass is 464 g/mol. The Morgan fingerprint density at radius 1 is 0.844 bits per heavy atom. The average Bonchev–Trinajstić information content (AvgIpc) is 3.53. The molecule has 5 aliphatic rings. The van der Waals surface area contributed by atoms with Gasteiger partial charge in [-0.3, -0.25) is 4.57 Å². The first-order chi connectivity index (χ1) is 15.6. The van der Waals surface area contributed by atoms with Gasteiger partial charge in [-0.2, -0.15) is 0 Å². The van der Waals surface area contributed by atoms with E-state index in [9.17, 15) is 0 Å². The number of hydrogen-bond acceptors (Lipinski definition) is 8. The first-order valence-electron chi connectivity index (χ1n) is 12.1. The van der Waals surface area contributed by atoms with E-state index in [4.69, 9.17) is 40.6 Å². The van der Waals surface area contributed by atoms with Gasteiger partial charge in [-0.15, -0.1) is 0 Å². The second kappa shape index (κ2) is 8.29. The van der Waals surface area contributed by atoms with Gasteiger partial charge < -0.3 is 28.4 Å². The highest BCUT2D eigenvalue weighted by Gasteiger charge is 2.67. The number of fused-ring (bicyclic) bond motifs is 3. The van der Waals surface area contributed by atoms with E-state index in [0.29, 0.717) is 5.17 Å². The van der Waals surface area contributed by atoms with Gasteiger partial charge in [-0.1, -0.05) is 12.8 Å². The molecule has 1 aromatic rings. The largest absolute Gasteiger partial charge is 0.461 e. The van der Waals surface area contributed by atoms with E-state index >= 15 is 0 Å². The summed E-state index contributed by atoms with van der Waals surface area (Å²) in [7, 11) is 1.69. The van der Waals surface area contributed by atoms with E-state index in [1.54, 1.807) is 30.4 Å². The summed E-state index contributed by atoms with van der Waals surface area (Å²) in [6.07, 6.45) is 13.5. The van der Waals surface area contributed by atoms with Crippen molar-refractivity contribution in [2.45, 2.75) is 112 Å². The van der Waals surface area contributed by atoms with Gasteiger partial charge in [0.2, 0.25) is 0 Å². The summed E-state index contributed by atoms with van der Waals surface area (Å²) in [6, 6.07) is 0. The summed E-state index contributed by atoms with van der Waals surface area (Å²) < 4.78 is 40.8. The Labute approximate surface area is 193 Å². The summed E-state index contributed by atoms with van der Waals surface area (Å²) in [4.78, 5) is 4.08. The van der Waals surface area contributed by atoms with Crippen molar-refractivity contribution in [3.63, 3.8) is 0 Å². The minimum atomic E-state index is -0.579. The standard InChI is InChI=1S/C23H32N2O6S/c1-26-15-16(27-21(32)25-13-12-24-14-25)18-20(31-23(29-18)10-6-3-7-11-23)19-17(15)28-22(30-19)8-4-2-5-9-22/h12-20H,2-11H2,1H3/t15-,16+,17+,18-,19-,20-/m1/s1. The SMILES string of the molecule is CO[C@@H]1[C@H](OC(=S)n2ccnc2)[C@H]2OC3(CCCCC3)O[C@H]2[C@@H]2OC3(CCCCC3)O[C@@H]12. The molecule has 0 radical (unpaired) electrons. The molecule has 1 aromatic heterocycles. The number of hydrogen-bond donors (Lipinski definition) is 0. The van der Waals surface area contributed by atoms with E-state index in [0.717, 1.165) is 51.4 Å². The van der Waals surface area contributed by atoms with Crippen LogP contribution in [0.3, 0.4) is 0 Å². The molecule has 32 heavy (non-hydrogen) atoms. The van der Waals surface area contributed by atoms with Gasteiger partial charge in [0.15, 0.2) is 17.7 Å². The second-order valence-electron chi connectivity index (χ2n) is 9.79. The Bertz CT molecular complexity index is 822. The maximum Gasteiger partial charge on any atom is 0.269 e. The fourth-order valence-corrected chi connectivity index (χ4v) is 6.52. The Morgan fingerprint density at radius 3 is 1.88 bits per heavy atom. The maximum atomic E-state index is 6.71. The first kappa shape index (κ1) is 21.4. The van der Waals surface area contributed by atoms with Crippen LogP contribution >= 0.6 is 12.2 Å². The summed E-state index contributed by atoms with van der Waals surface area (Å²) in [5, 5.41) is 0.311. The predicted molar refractivity (Wildman–Crippen MR) is 117 cm³/mol. The molecular weight excluding hydrogens is 432 g/mol. The molecule has 6 atom stereocenters. The normalized spacial score (nSPS) is 39.7. The van der Waals surface area contributed by atoms with E-state index in [1.807, 2.05) is 0 Å². The molecule has 176 valence electrons. The molecule has 0 bridgehead atoms. The molecule has 8 nitrogen and oxygen atoms in total. The van der Waals surface area contributed by atoms with Crippen LogP contribution in [0.15, 0.2) is 18.7 Å². The molecule has 3 saturated carbocycles. The van der Waals surface area contributed by atoms with Gasteiger partial charge in [0.25, 0.3) is 5.17 Å². The molecule has 6 rings (SSSR count). The Balaban J connectivity index is 1.33. The lowest BCUT2D eigenvalue weighted by molar-refractivity contribution is -0.225. The Hall–Kier alpha value is -1.10. The molecule has 2 spiro atoms. The number of rotatable bonds is 2. The van der Waals surface area contributed by atoms with Crippen LogP contribution in [-0.2, 0) is 28.4 Å². The summed E-state index contributed by atoms with van der Waals surface area (Å²) in [5.41, 5.74) is 0. The average molecular weight is 465 g/mol. The lowest BCUT2D eigenvalue weighted by Gasteiger charge is -2.42. The summed E-state index contributed by atoms with van der Waals surface area (Å²) >= 11 is 5.58. The molecule has 0 aromatic carbocycles. The zero-order valence-corrected chi connectivity index (χ0v) is 19.3. The van der Waals surface area contributed by atoms with Gasteiger partial charge in [0.1, 0.15) is 36.8 Å². The third kappa shape index (κ3) is 3.52. The number of methoxy groups -OCH3 is 1. The predicted octanol–water partition coefficient (Wildman–Crippen LogP) is 3.32. The maximum absolute atomic E-state index is 6.71. The molecule has 2 saturated heterocycles. The third-order valence-electron chi connectivity index (χ3n) is 7.80. The van der Waals surface area contributed by atoms with Crippen LogP contribution in [0.1, 0.15) is 64.2 Å². The number of ether oxygens (including phenoxy) is 6. The van der Waals surface area contributed by atoms with Crippen LogP contribution in [0.5, 0.6) is 0 Å². The van der Waals surface area contributed by atoms with Crippen LogP contribution in [-0.4, -0.2) is 70.0 Å². The first-order valence-corrected chi connectivity index (χ1v) is 12.5. The van der Waals surface area contributed by atoms with Gasteiger partial charge >= 0.3 is 0 Å². The minimum Gasteiger partial charge on any atom is -0.461 e. The summed E-state index contributed by atoms with van der Waals surface area (Å²) in [6.45, 7) is 0. The van der Waals surface area contributed by atoms with Gasteiger partial charge in [-0.05, 0) is 37.9 Å². The number of aromatic nitrogens is 2. The van der Waals surface area contributed by atoms with Crippen LogP contribution in [0.25, 0.3) is 0 Å². The Morgan fingerprint density at radius 2 is 1.38 bits per heavy atom. The van der Waals surface area contributed by atoms with Crippen molar-refractivity contribution in [3.05, 3.63) is 18.7 Å². The lowest BCUT2D eigenvalue weighted by Crippen LogP contribution is -2.63. The Kier molecular flexibility index (Phi) is 5.55. The van der Waals surface area contributed by atoms with Gasteiger partial charge in [0.05, 0.1) is 0 Å². The van der Waals surface area contributed by atoms with Crippen molar-refractivity contribution in [2.24, 2.45) is 0 Å². The molecular formula is C23H32N2O6S. The molecule has 0 N–H and O–H groups in total. The molecule has 9 heteroatoms. The van der Waals surface area contributed by atoms with Crippen LogP contribution in [0, 0.1) is 0 Å². The van der Waals surface area contributed by atoms with Crippen molar-refractivity contribution in [1.82, 2.24) is 9.55 Å². The molecule has 3 heterocycles.